The van der Waals surface area contributed by atoms with Gasteiger partial charge in [0.15, 0.2) is 17.8 Å². The first-order valence-corrected chi connectivity index (χ1v) is 10.2. The van der Waals surface area contributed by atoms with Crippen LogP contribution in [-0.4, -0.2) is 86.1 Å². The van der Waals surface area contributed by atoms with E-state index in [0.29, 0.717) is 18.4 Å². The van der Waals surface area contributed by atoms with Crippen LogP contribution >= 0.6 is 0 Å². The van der Waals surface area contributed by atoms with Crippen LogP contribution in [0.3, 0.4) is 0 Å². The maximum absolute atomic E-state index is 12.0. The molecule has 1 aromatic carbocycles. The summed E-state index contributed by atoms with van der Waals surface area (Å²) in [5.41, 5.74) is 0.444. The minimum absolute atomic E-state index is 0.290. The molecular formula is C21H28O10. The summed E-state index contributed by atoms with van der Waals surface area (Å²) >= 11 is 0. The second-order valence-electron chi connectivity index (χ2n) is 7.75. The molecule has 7 atom stereocenters. The summed E-state index contributed by atoms with van der Waals surface area (Å²) in [6.45, 7) is -0.415. The Labute approximate surface area is 178 Å². The molecule has 2 fully saturated rings. The number of aromatic hydroxyl groups is 2. The number of phenols is 2. The first-order valence-electron chi connectivity index (χ1n) is 10.2. The van der Waals surface area contributed by atoms with Crippen molar-refractivity contribution in [2.45, 2.75) is 68.6 Å². The van der Waals surface area contributed by atoms with E-state index in [0.717, 1.165) is 18.9 Å². The normalized spacial score (nSPS) is 34.0. The fourth-order valence-electron chi connectivity index (χ4n) is 3.60. The van der Waals surface area contributed by atoms with Gasteiger partial charge in [0.05, 0.1) is 12.2 Å². The lowest BCUT2D eigenvalue weighted by Crippen LogP contribution is -2.60. The van der Waals surface area contributed by atoms with Gasteiger partial charge in [-0.25, -0.2) is 4.79 Å². The molecule has 1 aromatic rings. The molecule has 0 unspecified atom stereocenters. The molecule has 172 valence electrons. The lowest BCUT2D eigenvalue weighted by atomic mass is 9.94. The molecule has 10 heteroatoms. The van der Waals surface area contributed by atoms with E-state index in [1.807, 2.05) is 0 Å². The number of benzene rings is 1. The highest BCUT2D eigenvalue weighted by Gasteiger charge is 2.46. The average molecular weight is 440 g/mol. The topological polar surface area (TPSA) is 166 Å². The van der Waals surface area contributed by atoms with Gasteiger partial charge in [-0.1, -0.05) is 18.9 Å². The number of hydrogen-bond donors (Lipinski definition) is 6. The Balaban J connectivity index is 1.55. The van der Waals surface area contributed by atoms with Gasteiger partial charge in [0.1, 0.15) is 31.0 Å². The van der Waals surface area contributed by atoms with E-state index in [4.69, 9.17) is 14.2 Å². The number of carbonyl (C=O) groups is 1. The Kier molecular flexibility index (Phi) is 7.87. The highest BCUT2D eigenvalue weighted by Crippen LogP contribution is 2.28. The molecule has 3 rings (SSSR count). The maximum Gasteiger partial charge on any atom is 0.330 e. The van der Waals surface area contributed by atoms with Crippen molar-refractivity contribution < 1.29 is 49.6 Å². The predicted octanol–water partition coefficient (Wildman–Crippen LogP) is -0.218. The third-order valence-corrected chi connectivity index (χ3v) is 5.45. The van der Waals surface area contributed by atoms with Crippen molar-refractivity contribution in [1.29, 1.82) is 0 Å². The highest BCUT2D eigenvalue weighted by atomic mass is 16.7. The van der Waals surface area contributed by atoms with E-state index >= 15 is 0 Å². The van der Waals surface area contributed by atoms with Gasteiger partial charge in [0, 0.05) is 6.08 Å². The third-order valence-electron chi connectivity index (χ3n) is 5.45. The number of aliphatic hydroxyl groups excluding tert-OH is 4. The number of hydrogen-bond acceptors (Lipinski definition) is 10. The Morgan fingerprint density at radius 1 is 1.03 bits per heavy atom. The van der Waals surface area contributed by atoms with Gasteiger partial charge in [-0.3, -0.25) is 0 Å². The molecule has 31 heavy (non-hydrogen) atoms. The number of ether oxygens (including phenoxy) is 3. The van der Waals surface area contributed by atoms with Crippen LogP contribution in [0.5, 0.6) is 11.5 Å². The molecule has 0 bridgehead atoms. The minimum Gasteiger partial charge on any atom is -0.504 e. The van der Waals surface area contributed by atoms with Gasteiger partial charge in [-0.05, 0) is 36.6 Å². The van der Waals surface area contributed by atoms with Crippen molar-refractivity contribution in [3.63, 3.8) is 0 Å². The summed E-state index contributed by atoms with van der Waals surface area (Å²) in [7, 11) is 0. The van der Waals surface area contributed by atoms with Gasteiger partial charge < -0.3 is 44.8 Å². The number of rotatable bonds is 6. The Bertz CT molecular complexity index is 781. The van der Waals surface area contributed by atoms with E-state index in [1.54, 1.807) is 0 Å². The molecule has 0 spiro atoms. The molecular weight excluding hydrogens is 412 g/mol. The SMILES string of the molecule is O=C(/C=C/c1ccc(O)c(O)c1)OC[C@H]1O[C@@H](O[C@H]2CCCC[C@@H]2O)[C@H](O)[C@@H](O)[C@@H]1O. The van der Waals surface area contributed by atoms with Crippen molar-refractivity contribution in [2.75, 3.05) is 6.61 Å². The van der Waals surface area contributed by atoms with E-state index in [1.165, 1.54) is 24.3 Å². The molecule has 1 saturated carbocycles. The molecule has 0 radical (unpaired) electrons. The Morgan fingerprint density at radius 2 is 1.77 bits per heavy atom. The first-order chi connectivity index (χ1) is 14.8. The molecule has 1 saturated heterocycles. The summed E-state index contributed by atoms with van der Waals surface area (Å²) in [5, 5.41) is 59.3. The number of phenolic OH excluding ortho intramolecular Hbond substituents is 2. The third kappa shape index (κ3) is 5.94. The van der Waals surface area contributed by atoms with Crippen LogP contribution < -0.4 is 0 Å². The van der Waals surface area contributed by atoms with E-state index in [9.17, 15) is 35.4 Å². The van der Waals surface area contributed by atoms with Crippen LogP contribution in [-0.2, 0) is 19.0 Å². The van der Waals surface area contributed by atoms with Gasteiger partial charge in [0.2, 0.25) is 0 Å². The average Bonchev–Trinajstić information content (AvgIpc) is 2.75. The molecule has 0 aromatic heterocycles. The Morgan fingerprint density at radius 3 is 2.48 bits per heavy atom. The van der Waals surface area contributed by atoms with Gasteiger partial charge in [0.25, 0.3) is 0 Å². The van der Waals surface area contributed by atoms with Crippen LogP contribution in [0, 0.1) is 0 Å². The predicted molar refractivity (Wildman–Crippen MR) is 106 cm³/mol. The lowest BCUT2D eigenvalue weighted by Gasteiger charge is -2.42. The van der Waals surface area contributed by atoms with Crippen molar-refractivity contribution in [3.05, 3.63) is 29.8 Å². The van der Waals surface area contributed by atoms with Crippen LogP contribution in [0.2, 0.25) is 0 Å². The summed E-state index contributed by atoms with van der Waals surface area (Å²) in [4.78, 5) is 12.0. The zero-order valence-electron chi connectivity index (χ0n) is 16.8. The first kappa shape index (κ1) is 23.5. The monoisotopic (exact) mass is 440 g/mol. The molecule has 10 nitrogen and oxygen atoms in total. The maximum atomic E-state index is 12.0. The van der Waals surface area contributed by atoms with Gasteiger partial charge in [-0.15, -0.1) is 0 Å². The van der Waals surface area contributed by atoms with Crippen LogP contribution in [0.1, 0.15) is 31.2 Å². The van der Waals surface area contributed by atoms with Crippen LogP contribution in [0.25, 0.3) is 6.08 Å². The molecule has 2 aliphatic rings. The van der Waals surface area contributed by atoms with Gasteiger partial charge >= 0.3 is 5.97 Å². The number of carbonyl (C=O) groups excluding carboxylic acids is 1. The molecule has 1 heterocycles. The second-order valence-corrected chi connectivity index (χ2v) is 7.75. The number of esters is 1. The second kappa shape index (κ2) is 10.4. The van der Waals surface area contributed by atoms with Crippen molar-refractivity contribution in [2.24, 2.45) is 0 Å². The largest absolute Gasteiger partial charge is 0.504 e. The van der Waals surface area contributed by atoms with Gasteiger partial charge in [-0.2, -0.15) is 0 Å². The highest BCUT2D eigenvalue weighted by molar-refractivity contribution is 5.87. The van der Waals surface area contributed by atoms with Crippen LogP contribution in [0.4, 0.5) is 0 Å². The lowest BCUT2D eigenvalue weighted by molar-refractivity contribution is -0.319. The standard InChI is InChI=1S/C21H28O10/c22-12-7-5-11(9-14(12)24)6-8-17(25)29-10-16-18(26)19(27)20(28)21(31-16)30-15-4-2-1-3-13(15)23/h5-9,13,15-16,18-24,26-28H,1-4,10H2/b8-6+/t13-,15-,16+,18+,19-,20+,21+/m0/s1. The summed E-state index contributed by atoms with van der Waals surface area (Å²) in [6, 6.07) is 4.00. The quantitative estimate of drug-likeness (QED) is 0.198. The zero-order valence-corrected chi connectivity index (χ0v) is 16.8. The van der Waals surface area contributed by atoms with Crippen molar-refractivity contribution >= 4 is 12.0 Å². The van der Waals surface area contributed by atoms with Crippen LogP contribution in [0.15, 0.2) is 24.3 Å². The molecule has 0 amide bonds. The summed E-state index contributed by atoms with van der Waals surface area (Å²) in [6.07, 6.45) is -3.07. The van der Waals surface area contributed by atoms with Crippen molar-refractivity contribution in [3.8, 4) is 11.5 Å². The Hall–Kier alpha value is -2.21. The molecule has 6 N–H and O–H groups in total. The fraction of sp³-hybridized carbons (Fsp3) is 0.571. The zero-order chi connectivity index (χ0) is 22.5. The van der Waals surface area contributed by atoms with E-state index in [-0.39, 0.29) is 11.5 Å². The fourth-order valence-corrected chi connectivity index (χ4v) is 3.60. The number of aliphatic hydroxyl groups is 4. The smallest absolute Gasteiger partial charge is 0.330 e. The minimum atomic E-state index is -1.58. The summed E-state index contributed by atoms with van der Waals surface area (Å²) in [5.74, 6) is -1.40. The molecule has 1 aliphatic heterocycles. The van der Waals surface area contributed by atoms with Crippen molar-refractivity contribution in [1.82, 2.24) is 0 Å². The molecule has 1 aliphatic carbocycles. The van der Waals surface area contributed by atoms with E-state index in [2.05, 4.69) is 0 Å². The summed E-state index contributed by atoms with van der Waals surface area (Å²) < 4.78 is 16.2. The van der Waals surface area contributed by atoms with E-state index < -0.39 is 55.5 Å².